The maximum absolute atomic E-state index is 11.9. The van der Waals surface area contributed by atoms with Crippen molar-refractivity contribution in [2.45, 2.75) is 23.1 Å². The molecule has 0 aliphatic heterocycles. The normalized spacial score (nSPS) is 17.4. The van der Waals surface area contributed by atoms with Gasteiger partial charge in [0.05, 0.1) is 4.92 Å². The number of thiophene rings is 1. The minimum atomic E-state index is -3.80. The monoisotopic (exact) mass is 325 g/mol. The van der Waals surface area contributed by atoms with Crippen molar-refractivity contribution < 1.29 is 13.3 Å². The second kappa shape index (κ2) is 5.33. The van der Waals surface area contributed by atoms with E-state index in [4.69, 9.17) is 17.3 Å². The van der Waals surface area contributed by atoms with Gasteiger partial charge in [0.15, 0.2) is 4.34 Å². The fourth-order valence-corrected chi connectivity index (χ4v) is 4.35. The summed E-state index contributed by atoms with van der Waals surface area (Å²) in [4.78, 5) is 9.90. The number of nitrogens with zero attached hydrogens (tertiary/aromatic N) is 1. The number of nitrogens with two attached hydrogens (primary N) is 1. The number of hydrogen-bond donors (Lipinski definition) is 2. The molecule has 7 nitrogen and oxygen atoms in total. The number of hydrogen-bond acceptors (Lipinski definition) is 6. The van der Waals surface area contributed by atoms with E-state index in [1.165, 1.54) is 0 Å². The van der Waals surface area contributed by atoms with Crippen molar-refractivity contribution >= 4 is 38.6 Å². The maximum atomic E-state index is 11.9. The summed E-state index contributed by atoms with van der Waals surface area (Å²) in [6, 6.07) is 0.734. The predicted octanol–water partition coefficient (Wildman–Crippen LogP) is 1.33. The molecule has 1 aromatic heterocycles. The van der Waals surface area contributed by atoms with E-state index in [9.17, 15) is 18.5 Å². The van der Waals surface area contributed by atoms with E-state index < -0.39 is 20.6 Å². The molecular weight excluding hydrogens is 314 g/mol. The molecular formula is C9H12ClN3O4S2. The molecule has 1 unspecified atom stereocenters. The summed E-state index contributed by atoms with van der Waals surface area (Å²) < 4.78 is 25.9. The zero-order valence-electron chi connectivity index (χ0n) is 9.71. The minimum Gasteiger partial charge on any atom is -0.326 e. The van der Waals surface area contributed by atoms with Crippen LogP contribution in [0.2, 0.25) is 4.34 Å². The molecule has 1 aliphatic carbocycles. The van der Waals surface area contributed by atoms with E-state index in [1.807, 2.05) is 0 Å². The third kappa shape index (κ3) is 3.42. The van der Waals surface area contributed by atoms with Crippen LogP contribution in [-0.4, -0.2) is 25.9 Å². The zero-order chi connectivity index (χ0) is 14.2. The molecule has 0 aromatic carbocycles. The van der Waals surface area contributed by atoms with Gasteiger partial charge in [0.25, 0.3) is 5.69 Å². The van der Waals surface area contributed by atoms with E-state index in [-0.39, 0.29) is 21.1 Å². The minimum absolute atomic E-state index is 0.121. The highest BCUT2D eigenvalue weighted by atomic mass is 35.5. The number of sulfonamides is 1. The molecule has 1 heterocycles. The van der Waals surface area contributed by atoms with Gasteiger partial charge < -0.3 is 5.73 Å². The summed E-state index contributed by atoms with van der Waals surface area (Å²) in [5.41, 5.74) is 5.39. The third-order valence-corrected chi connectivity index (χ3v) is 6.08. The van der Waals surface area contributed by atoms with Crippen LogP contribution < -0.4 is 10.5 Å². The Bertz CT molecular complexity index is 597. The number of halogens is 1. The van der Waals surface area contributed by atoms with Crippen molar-refractivity contribution in [3.8, 4) is 0 Å². The van der Waals surface area contributed by atoms with Crippen molar-refractivity contribution in [1.29, 1.82) is 0 Å². The Morgan fingerprint density at radius 1 is 1.63 bits per heavy atom. The van der Waals surface area contributed by atoms with Crippen LogP contribution in [0, 0.1) is 16.0 Å². The quantitative estimate of drug-likeness (QED) is 0.604. The van der Waals surface area contributed by atoms with Gasteiger partial charge in [0.2, 0.25) is 10.0 Å². The molecule has 10 heteroatoms. The summed E-state index contributed by atoms with van der Waals surface area (Å²) in [6.45, 7) is 0.121. The van der Waals surface area contributed by atoms with Gasteiger partial charge in [-0.15, -0.1) is 11.3 Å². The van der Waals surface area contributed by atoms with Crippen molar-refractivity contribution in [2.75, 3.05) is 6.54 Å². The van der Waals surface area contributed by atoms with Gasteiger partial charge in [-0.25, -0.2) is 13.1 Å². The van der Waals surface area contributed by atoms with E-state index >= 15 is 0 Å². The summed E-state index contributed by atoms with van der Waals surface area (Å²) in [6.07, 6.45) is 2.03. The topological polar surface area (TPSA) is 115 Å². The van der Waals surface area contributed by atoms with Crippen LogP contribution in [0.1, 0.15) is 12.8 Å². The standard InChI is InChI=1S/C9H12ClN3O4S2/c10-9-7(13(14)15)3-8(18-9)19(16,17)12-4-6(11)5-1-2-5/h3,5-6,12H,1-2,4,11H2. The SMILES string of the molecule is NC(CNS(=O)(=O)c1cc([N+](=O)[O-])c(Cl)s1)C1CC1. The Hall–Kier alpha value is -0.740. The van der Waals surface area contributed by atoms with Crippen molar-refractivity contribution in [1.82, 2.24) is 4.72 Å². The molecule has 0 amide bonds. The third-order valence-electron chi connectivity index (χ3n) is 2.84. The molecule has 19 heavy (non-hydrogen) atoms. The first-order chi connectivity index (χ1) is 8.81. The summed E-state index contributed by atoms with van der Waals surface area (Å²) in [5, 5.41) is 10.6. The van der Waals surface area contributed by atoms with Gasteiger partial charge in [-0.2, -0.15) is 0 Å². The number of nitro groups is 1. The summed E-state index contributed by atoms with van der Waals surface area (Å²) in [5.74, 6) is 0.365. The van der Waals surface area contributed by atoms with Gasteiger partial charge in [-0.1, -0.05) is 11.6 Å². The van der Waals surface area contributed by atoms with Gasteiger partial charge in [-0.3, -0.25) is 10.1 Å². The first kappa shape index (κ1) is 14.7. The maximum Gasteiger partial charge on any atom is 0.300 e. The Labute approximate surface area is 118 Å². The first-order valence-electron chi connectivity index (χ1n) is 5.50. The molecule has 1 aliphatic rings. The number of nitrogens with one attached hydrogen (secondary N) is 1. The molecule has 1 atom stereocenters. The van der Waals surface area contributed by atoms with Crippen LogP contribution in [0.3, 0.4) is 0 Å². The lowest BCUT2D eigenvalue weighted by Gasteiger charge is -2.10. The summed E-state index contributed by atoms with van der Waals surface area (Å²) in [7, 11) is -3.80. The smallest absolute Gasteiger partial charge is 0.300 e. The van der Waals surface area contributed by atoms with Gasteiger partial charge in [0.1, 0.15) is 4.21 Å². The molecule has 0 saturated heterocycles. The summed E-state index contributed by atoms with van der Waals surface area (Å²) >= 11 is 6.29. The van der Waals surface area contributed by atoms with Gasteiger partial charge >= 0.3 is 0 Å². The Morgan fingerprint density at radius 2 is 2.26 bits per heavy atom. The lowest BCUT2D eigenvalue weighted by Crippen LogP contribution is -2.38. The Morgan fingerprint density at radius 3 is 2.74 bits per heavy atom. The fourth-order valence-electron chi connectivity index (χ4n) is 1.56. The van der Waals surface area contributed by atoms with Crippen molar-refractivity contribution in [3.63, 3.8) is 0 Å². The van der Waals surface area contributed by atoms with E-state index in [2.05, 4.69) is 4.72 Å². The van der Waals surface area contributed by atoms with Crippen LogP contribution in [0.4, 0.5) is 5.69 Å². The molecule has 0 bridgehead atoms. The molecule has 1 aromatic rings. The van der Waals surface area contributed by atoms with Crippen molar-refractivity contribution in [3.05, 3.63) is 20.5 Å². The molecule has 2 rings (SSSR count). The van der Waals surface area contributed by atoms with Crippen LogP contribution in [0.5, 0.6) is 0 Å². The molecule has 0 spiro atoms. The lowest BCUT2D eigenvalue weighted by atomic mass is 10.2. The van der Waals surface area contributed by atoms with Crippen LogP contribution in [0.25, 0.3) is 0 Å². The van der Waals surface area contributed by atoms with Crippen LogP contribution >= 0.6 is 22.9 Å². The van der Waals surface area contributed by atoms with Crippen molar-refractivity contribution in [2.24, 2.45) is 11.7 Å². The highest BCUT2D eigenvalue weighted by molar-refractivity contribution is 7.91. The molecule has 106 valence electrons. The fraction of sp³-hybridized carbons (Fsp3) is 0.556. The highest BCUT2D eigenvalue weighted by Gasteiger charge is 2.30. The zero-order valence-corrected chi connectivity index (χ0v) is 12.1. The van der Waals surface area contributed by atoms with E-state index in [0.717, 1.165) is 18.9 Å². The average molecular weight is 326 g/mol. The second-order valence-electron chi connectivity index (χ2n) is 4.33. The van der Waals surface area contributed by atoms with E-state index in [1.54, 1.807) is 0 Å². The van der Waals surface area contributed by atoms with Crippen LogP contribution in [-0.2, 0) is 10.0 Å². The van der Waals surface area contributed by atoms with E-state index in [0.29, 0.717) is 17.3 Å². The molecule has 1 fully saturated rings. The Balaban J connectivity index is 2.10. The predicted molar refractivity (Wildman–Crippen MR) is 71.9 cm³/mol. The molecule has 1 saturated carbocycles. The lowest BCUT2D eigenvalue weighted by molar-refractivity contribution is -0.384. The van der Waals surface area contributed by atoms with Gasteiger partial charge in [0, 0.05) is 18.7 Å². The number of rotatable bonds is 6. The largest absolute Gasteiger partial charge is 0.326 e. The molecule has 3 N–H and O–H groups in total. The van der Waals surface area contributed by atoms with Crippen LogP contribution in [0.15, 0.2) is 10.3 Å². The second-order valence-corrected chi connectivity index (χ2v) is 7.98. The van der Waals surface area contributed by atoms with Gasteiger partial charge in [-0.05, 0) is 18.8 Å². The Kier molecular flexibility index (Phi) is 4.11. The average Bonchev–Trinajstić information content (AvgIpc) is 3.08. The highest BCUT2D eigenvalue weighted by Crippen LogP contribution is 2.36. The first-order valence-corrected chi connectivity index (χ1v) is 8.18. The molecule has 0 radical (unpaired) electrons.